The van der Waals surface area contributed by atoms with E-state index in [1.807, 2.05) is 36.4 Å². The standard InChI is InChI=1S/C20H21NO4/c22-18(14-6-2-1-3-7-14)20(10-4-5-11-20)21-19(23)15-8-9-16-17(12-15)25-13-24-16/h1-3,6-9,12,16-17H,4-5,10-11,13H2,(H,21,23). The fourth-order valence-corrected chi connectivity index (χ4v) is 3.82. The van der Waals surface area contributed by atoms with E-state index < -0.39 is 5.54 Å². The summed E-state index contributed by atoms with van der Waals surface area (Å²) in [7, 11) is 0. The lowest BCUT2D eigenvalue weighted by Gasteiger charge is -2.29. The van der Waals surface area contributed by atoms with Gasteiger partial charge in [-0.05, 0) is 18.9 Å². The van der Waals surface area contributed by atoms with Gasteiger partial charge in [0.2, 0.25) is 0 Å². The van der Waals surface area contributed by atoms with Crippen LogP contribution in [0.3, 0.4) is 0 Å². The van der Waals surface area contributed by atoms with Crippen molar-refractivity contribution in [1.29, 1.82) is 0 Å². The van der Waals surface area contributed by atoms with Crippen molar-refractivity contribution in [1.82, 2.24) is 5.32 Å². The molecule has 2 unspecified atom stereocenters. The first-order valence-corrected chi connectivity index (χ1v) is 8.74. The number of ketones is 1. The van der Waals surface area contributed by atoms with Crippen molar-refractivity contribution in [2.24, 2.45) is 0 Å². The van der Waals surface area contributed by atoms with E-state index in [4.69, 9.17) is 9.47 Å². The highest BCUT2D eigenvalue weighted by Gasteiger charge is 2.43. The second kappa shape index (κ2) is 6.58. The maximum absolute atomic E-state index is 13.1. The van der Waals surface area contributed by atoms with E-state index in [1.165, 1.54) is 0 Å². The number of Topliss-reactive ketones (excluding diaryl/α,β-unsaturated/α-hetero) is 1. The minimum atomic E-state index is -0.809. The molecule has 5 heteroatoms. The second-order valence-corrected chi connectivity index (χ2v) is 6.80. The Balaban J connectivity index is 1.55. The summed E-state index contributed by atoms with van der Waals surface area (Å²) >= 11 is 0. The topological polar surface area (TPSA) is 64.6 Å². The lowest BCUT2D eigenvalue weighted by Crippen LogP contribution is -2.53. The Morgan fingerprint density at radius 2 is 1.76 bits per heavy atom. The molecular weight excluding hydrogens is 318 g/mol. The summed E-state index contributed by atoms with van der Waals surface area (Å²) in [6.45, 7) is 0.238. The zero-order valence-corrected chi connectivity index (χ0v) is 13.9. The van der Waals surface area contributed by atoms with Crippen LogP contribution in [0, 0.1) is 0 Å². The third-order valence-electron chi connectivity index (χ3n) is 5.20. The number of ether oxygens (including phenoxy) is 2. The normalized spacial score (nSPS) is 26.8. The second-order valence-electron chi connectivity index (χ2n) is 6.80. The predicted molar refractivity (Wildman–Crippen MR) is 92.0 cm³/mol. The van der Waals surface area contributed by atoms with E-state index in [1.54, 1.807) is 12.2 Å². The zero-order chi connectivity index (χ0) is 17.3. The number of carbonyl (C=O) groups excluding carboxylic acids is 2. The van der Waals surface area contributed by atoms with Gasteiger partial charge >= 0.3 is 0 Å². The van der Waals surface area contributed by atoms with Gasteiger partial charge in [0, 0.05) is 11.1 Å². The minimum absolute atomic E-state index is 0.00216. The number of fused-ring (bicyclic) bond motifs is 1. The number of benzene rings is 1. The first-order valence-electron chi connectivity index (χ1n) is 8.74. The van der Waals surface area contributed by atoms with Crippen LogP contribution in [0.2, 0.25) is 0 Å². The van der Waals surface area contributed by atoms with Gasteiger partial charge in [-0.3, -0.25) is 9.59 Å². The van der Waals surface area contributed by atoms with Crippen LogP contribution < -0.4 is 5.32 Å². The van der Waals surface area contributed by atoms with Crippen molar-refractivity contribution < 1.29 is 19.1 Å². The van der Waals surface area contributed by atoms with Crippen LogP contribution in [0.4, 0.5) is 0 Å². The monoisotopic (exact) mass is 339 g/mol. The molecule has 2 fully saturated rings. The van der Waals surface area contributed by atoms with Crippen LogP contribution >= 0.6 is 0 Å². The number of carbonyl (C=O) groups is 2. The molecule has 0 spiro atoms. The molecule has 5 nitrogen and oxygen atoms in total. The number of nitrogens with one attached hydrogen (secondary N) is 1. The molecule has 2 atom stereocenters. The zero-order valence-electron chi connectivity index (χ0n) is 13.9. The van der Waals surface area contributed by atoms with Gasteiger partial charge in [-0.15, -0.1) is 0 Å². The summed E-state index contributed by atoms with van der Waals surface area (Å²) < 4.78 is 10.8. The number of rotatable bonds is 4. The van der Waals surface area contributed by atoms with E-state index in [9.17, 15) is 9.59 Å². The number of amides is 1. The molecule has 1 saturated carbocycles. The van der Waals surface area contributed by atoms with Crippen LogP contribution in [0.5, 0.6) is 0 Å². The van der Waals surface area contributed by atoms with Crippen molar-refractivity contribution >= 4 is 11.7 Å². The Labute approximate surface area is 146 Å². The van der Waals surface area contributed by atoms with Gasteiger partial charge in [0.05, 0.1) is 0 Å². The SMILES string of the molecule is O=C(NC1(C(=O)c2ccccc2)CCCC1)C1=CC2OCOC2C=C1. The molecule has 0 aromatic heterocycles. The third-order valence-corrected chi connectivity index (χ3v) is 5.20. The average molecular weight is 339 g/mol. The van der Waals surface area contributed by atoms with Gasteiger partial charge in [-0.1, -0.05) is 55.3 Å². The molecular formula is C20H21NO4. The third kappa shape index (κ3) is 3.05. The predicted octanol–water partition coefficient (Wildman–Crippen LogP) is 2.54. The van der Waals surface area contributed by atoms with Crippen molar-refractivity contribution in [3.05, 3.63) is 59.7 Å². The number of hydrogen-bond acceptors (Lipinski definition) is 4. The molecule has 1 aromatic carbocycles. The Morgan fingerprint density at radius 3 is 2.52 bits per heavy atom. The summed E-state index contributed by atoms with van der Waals surface area (Å²) in [4.78, 5) is 25.9. The van der Waals surface area contributed by atoms with Crippen LogP contribution in [0.15, 0.2) is 54.1 Å². The fraction of sp³-hybridized carbons (Fsp3) is 0.400. The van der Waals surface area contributed by atoms with Crippen molar-refractivity contribution in [2.75, 3.05) is 6.79 Å². The maximum Gasteiger partial charge on any atom is 0.251 e. The van der Waals surface area contributed by atoms with Gasteiger partial charge in [0.25, 0.3) is 5.91 Å². The molecule has 1 heterocycles. The van der Waals surface area contributed by atoms with Crippen molar-refractivity contribution in [3.63, 3.8) is 0 Å². The lowest BCUT2D eigenvalue weighted by atomic mass is 9.87. The summed E-state index contributed by atoms with van der Waals surface area (Å²) in [5, 5.41) is 3.04. The molecule has 3 aliphatic rings. The quantitative estimate of drug-likeness (QED) is 0.856. The van der Waals surface area contributed by atoms with Gasteiger partial charge in [0.1, 0.15) is 24.5 Å². The van der Waals surface area contributed by atoms with E-state index >= 15 is 0 Å². The summed E-state index contributed by atoms with van der Waals surface area (Å²) in [5.74, 6) is -0.228. The van der Waals surface area contributed by atoms with Crippen molar-refractivity contribution in [2.45, 2.75) is 43.4 Å². The largest absolute Gasteiger partial charge is 0.345 e. The highest BCUT2D eigenvalue weighted by Crippen LogP contribution is 2.33. The lowest BCUT2D eigenvalue weighted by molar-refractivity contribution is -0.118. The smallest absolute Gasteiger partial charge is 0.251 e. The highest BCUT2D eigenvalue weighted by atomic mass is 16.7. The van der Waals surface area contributed by atoms with E-state index in [0.29, 0.717) is 24.0 Å². The summed E-state index contributed by atoms with van der Waals surface area (Å²) in [6.07, 6.45) is 8.25. The van der Waals surface area contributed by atoms with Crippen LogP contribution in [0.25, 0.3) is 0 Å². The van der Waals surface area contributed by atoms with Crippen LogP contribution in [0.1, 0.15) is 36.0 Å². The molecule has 25 heavy (non-hydrogen) atoms. The molecule has 4 rings (SSSR count). The Morgan fingerprint density at radius 1 is 1.04 bits per heavy atom. The maximum atomic E-state index is 13.1. The molecule has 1 saturated heterocycles. The molecule has 1 aromatic rings. The Bertz CT molecular complexity index is 731. The van der Waals surface area contributed by atoms with E-state index in [0.717, 1.165) is 12.8 Å². The first-order chi connectivity index (χ1) is 12.2. The van der Waals surface area contributed by atoms with Crippen LogP contribution in [-0.4, -0.2) is 36.2 Å². The van der Waals surface area contributed by atoms with Gasteiger partial charge in [0.15, 0.2) is 5.78 Å². The molecule has 0 bridgehead atoms. The van der Waals surface area contributed by atoms with Crippen LogP contribution in [-0.2, 0) is 14.3 Å². The first kappa shape index (κ1) is 16.2. The van der Waals surface area contributed by atoms with Gasteiger partial charge in [-0.2, -0.15) is 0 Å². The average Bonchev–Trinajstić information content (AvgIpc) is 3.31. The van der Waals surface area contributed by atoms with E-state index in [-0.39, 0.29) is 30.7 Å². The Hall–Kier alpha value is -2.24. The molecule has 1 aliphatic heterocycles. The van der Waals surface area contributed by atoms with Gasteiger partial charge in [-0.25, -0.2) is 0 Å². The minimum Gasteiger partial charge on any atom is -0.345 e. The highest BCUT2D eigenvalue weighted by molar-refractivity contribution is 6.07. The van der Waals surface area contributed by atoms with Gasteiger partial charge < -0.3 is 14.8 Å². The Kier molecular flexibility index (Phi) is 4.27. The molecule has 2 aliphatic carbocycles. The molecule has 1 amide bonds. The van der Waals surface area contributed by atoms with Crippen molar-refractivity contribution in [3.8, 4) is 0 Å². The molecule has 1 N–H and O–H groups in total. The fourth-order valence-electron chi connectivity index (χ4n) is 3.82. The summed E-state index contributed by atoms with van der Waals surface area (Å²) in [5.41, 5.74) is 0.362. The molecule has 0 radical (unpaired) electrons. The van der Waals surface area contributed by atoms with E-state index in [2.05, 4.69) is 5.32 Å². The number of hydrogen-bond donors (Lipinski definition) is 1. The molecule has 130 valence electrons. The summed E-state index contributed by atoms with van der Waals surface area (Å²) in [6, 6.07) is 9.20.